The molecule has 94 valence electrons. The number of nitrogens with two attached hydrogens (primary N) is 1. The summed E-state index contributed by atoms with van der Waals surface area (Å²) in [4.78, 5) is 0. The van der Waals surface area contributed by atoms with Gasteiger partial charge in [0.1, 0.15) is 0 Å². The van der Waals surface area contributed by atoms with Gasteiger partial charge in [-0.2, -0.15) is 0 Å². The van der Waals surface area contributed by atoms with Gasteiger partial charge in [-0.3, -0.25) is 0 Å². The molecule has 3 unspecified atom stereocenters. The van der Waals surface area contributed by atoms with Gasteiger partial charge in [0.2, 0.25) is 0 Å². The van der Waals surface area contributed by atoms with Crippen LogP contribution >= 0.6 is 0 Å². The van der Waals surface area contributed by atoms with Crippen molar-refractivity contribution in [2.45, 2.75) is 46.1 Å². The molecule has 2 rings (SSSR count). The number of nitrogen functional groups attached to an aromatic ring is 1. The van der Waals surface area contributed by atoms with Gasteiger partial charge in [0.05, 0.1) is 0 Å². The van der Waals surface area contributed by atoms with E-state index in [0.717, 1.165) is 23.1 Å². The summed E-state index contributed by atoms with van der Waals surface area (Å²) in [5.74, 6) is 1.67. The van der Waals surface area contributed by atoms with Crippen molar-refractivity contribution in [2.24, 2.45) is 11.8 Å². The van der Waals surface area contributed by atoms with Gasteiger partial charge in [0, 0.05) is 17.4 Å². The molecule has 0 saturated heterocycles. The molecule has 1 fully saturated rings. The molecule has 0 bridgehead atoms. The second kappa shape index (κ2) is 4.99. The minimum atomic E-state index is 0.628. The molecule has 3 N–H and O–H groups in total. The number of hydrogen-bond acceptors (Lipinski definition) is 2. The van der Waals surface area contributed by atoms with Crippen LogP contribution in [0.15, 0.2) is 18.2 Å². The summed E-state index contributed by atoms with van der Waals surface area (Å²) in [6.45, 7) is 6.74. The van der Waals surface area contributed by atoms with Gasteiger partial charge in [-0.25, -0.2) is 0 Å². The predicted molar refractivity (Wildman–Crippen MR) is 75.2 cm³/mol. The van der Waals surface area contributed by atoms with Crippen LogP contribution in [-0.2, 0) is 0 Å². The third kappa shape index (κ3) is 2.56. The molecule has 0 aliphatic heterocycles. The Morgan fingerprint density at radius 1 is 1.35 bits per heavy atom. The fourth-order valence-electron chi connectivity index (χ4n) is 3.01. The molecule has 3 atom stereocenters. The van der Waals surface area contributed by atoms with Crippen molar-refractivity contribution in [3.05, 3.63) is 23.8 Å². The van der Waals surface area contributed by atoms with E-state index in [1.54, 1.807) is 0 Å². The first-order valence-electron chi connectivity index (χ1n) is 6.74. The van der Waals surface area contributed by atoms with Crippen molar-refractivity contribution in [1.82, 2.24) is 0 Å². The summed E-state index contributed by atoms with van der Waals surface area (Å²) < 4.78 is 0. The number of rotatable bonds is 3. The van der Waals surface area contributed by atoms with E-state index in [-0.39, 0.29) is 0 Å². The summed E-state index contributed by atoms with van der Waals surface area (Å²) in [7, 11) is 0. The van der Waals surface area contributed by atoms with E-state index in [2.05, 4.69) is 38.2 Å². The maximum atomic E-state index is 5.84. The van der Waals surface area contributed by atoms with Crippen LogP contribution in [0.5, 0.6) is 0 Å². The zero-order valence-corrected chi connectivity index (χ0v) is 11.2. The maximum absolute atomic E-state index is 5.84. The van der Waals surface area contributed by atoms with Crippen molar-refractivity contribution in [1.29, 1.82) is 0 Å². The quantitative estimate of drug-likeness (QED) is 0.778. The Kier molecular flexibility index (Phi) is 3.60. The van der Waals surface area contributed by atoms with Crippen LogP contribution < -0.4 is 11.1 Å². The highest BCUT2D eigenvalue weighted by atomic mass is 14.9. The molecule has 17 heavy (non-hydrogen) atoms. The molecule has 0 radical (unpaired) electrons. The van der Waals surface area contributed by atoms with Gasteiger partial charge < -0.3 is 11.1 Å². The summed E-state index contributed by atoms with van der Waals surface area (Å²) in [6, 6.07) is 6.87. The molecule has 1 aromatic carbocycles. The zero-order chi connectivity index (χ0) is 12.4. The van der Waals surface area contributed by atoms with Crippen molar-refractivity contribution in [2.75, 3.05) is 11.1 Å². The number of nitrogens with one attached hydrogen (secondary N) is 1. The Morgan fingerprint density at radius 2 is 2.12 bits per heavy atom. The summed E-state index contributed by atoms with van der Waals surface area (Å²) >= 11 is 0. The summed E-state index contributed by atoms with van der Waals surface area (Å²) in [5.41, 5.74) is 9.09. The normalized spacial score (nSPS) is 28.3. The first kappa shape index (κ1) is 12.3. The maximum Gasteiger partial charge on any atom is 0.0346 e. The van der Waals surface area contributed by atoms with Gasteiger partial charge in [-0.15, -0.1) is 0 Å². The average molecular weight is 232 g/mol. The van der Waals surface area contributed by atoms with Crippen LogP contribution in [0.2, 0.25) is 0 Å². The van der Waals surface area contributed by atoms with E-state index in [1.807, 2.05) is 6.07 Å². The van der Waals surface area contributed by atoms with Crippen LogP contribution in [0.1, 0.15) is 38.7 Å². The van der Waals surface area contributed by atoms with E-state index >= 15 is 0 Å². The average Bonchev–Trinajstić information content (AvgIpc) is 2.65. The second-order valence-electron chi connectivity index (χ2n) is 5.43. The molecular weight excluding hydrogens is 208 g/mol. The Balaban J connectivity index is 2.04. The van der Waals surface area contributed by atoms with Crippen LogP contribution in [0.3, 0.4) is 0 Å². The molecule has 1 aromatic rings. The van der Waals surface area contributed by atoms with Crippen molar-refractivity contribution in [3.8, 4) is 0 Å². The Hall–Kier alpha value is -1.18. The molecule has 1 aliphatic carbocycles. The SMILES string of the molecule is CCC1CCC(Nc2ccc(N)c(C)c2)C1C. The Labute approximate surface area is 105 Å². The van der Waals surface area contributed by atoms with E-state index in [0.29, 0.717) is 6.04 Å². The number of aryl methyl sites for hydroxylation is 1. The number of benzene rings is 1. The fraction of sp³-hybridized carbons (Fsp3) is 0.600. The van der Waals surface area contributed by atoms with Crippen LogP contribution in [0, 0.1) is 18.8 Å². The largest absolute Gasteiger partial charge is 0.399 e. The first-order chi connectivity index (χ1) is 8.11. The molecule has 0 amide bonds. The lowest BCUT2D eigenvalue weighted by Crippen LogP contribution is -2.24. The van der Waals surface area contributed by atoms with Gasteiger partial charge in [-0.1, -0.05) is 20.3 Å². The van der Waals surface area contributed by atoms with Crippen molar-refractivity contribution < 1.29 is 0 Å². The third-order valence-electron chi connectivity index (χ3n) is 4.37. The standard InChI is InChI=1S/C15H24N2/c1-4-12-5-8-15(11(12)3)17-13-6-7-14(16)10(2)9-13/h6-7,9,11-12,15,17H,4-5,8,16H2,1-3H3. The summed E-state index contributed by atoms with van der Waals surface area (Å²) in [6.07, 6.45) is 3.96. The minimum absolute atomic E-state index is 0.628. The van der Waals surface area contributed by atoms with E-state index < -0.39 is 0 Å². The van der Waals surface area contributed by atoms with E-state index in [1.165, 1.54) is 24.9 Å². The topological polar surface area (TPSA) is 38.0 Å². The number of anilines is 2. The highest BCUT2D eigenvalue weighted by Crippen LogP contribution is 2.35. The summed E-state index contributed by atoms with van der Waals surface area (Å²) in [5, 5.41) is 3.67. The molecule has 0 heterocycles. The highest BCUT2D eigenvalue weighted by molar-refractivity contribution is 5.57. The highest BCUT2D eigenvalue weighted by Gasteiger charge is 2.31. The lowest BCUT2D eigenvalue weighted by Gasteiger charge is -2.22. The lowest BCUT2D eigenvalue weighted by molar-refractivity contribution is 0.392. The first-order valence-corrected chi connectivity index (χ1v) is 6.74. The van der Waals surface area contributed by atoms with Gasteiger partial charge in [-0.05, 0) is 55.4 Å². The predicted octanol–water partition coefficient (Wildman–Crippen LogP) is 3.81. The Morgan fingerprint density at radius 3 is 2.71 bits per heavy atom. The smallest absolute Gasteiger partial charge is 0.0346 e. The van der Waals surface area contributed by atoms with E-state index in [9.17, 15) is 0 Å². The van der Waals surface area contributed by atoms with Gasteiger partial charge in [0.15, 0.2) is 0 Å². The van der Waals surface area contributed by atoms with Crippen LogP contribution in [-0.4, -0.2) is 6.04 Å². The number of hydrogen-bond donors (Lipinski definition) is 2. The van der Waals surface area contributed by atoms with Crippen LogP contribution in [0.25, 0.3) is 0 Å². The molecular formula is C15H24N2. The molecule has 0 spiro atoms. The van der Waals surface area contributed by atoms with Crippen molar-refractivity contribution in [3.63, 3.8) is 0 Å². The third-order valence-corrected chi connectivity index (χ3v) is 4.37. The lowest BCUT2D eigenvalue weighted by atomic mass is 9.93. The molecule has 1 aliphatic rings. The van der Waals surface area contributed by atoms with Gasteiger partial charge in [0.25, 0.3) is 0 Å². The molecule has 2 heteroatoms. The Bertz CT molecular complexity index is 387. The fourth-order valence-corrected chi connectivity index (χ4v) is 3.01. The minimum Gasteiger partial charge on any atom is -0.399 e. The van der Waals surface area contributed by atoms with Crippen molar-refractivity contribution >= 4 is 11.4 Å². The molecule has 2 nitrogen and oxygen atoms in total. The van der Waals surface area contributed by atoms with Crippen LogP contribution in [0.4, 0.5) is 11.4 Å². The van der Waals surface area contributed by atoms with Gasteiger partial charge >= 0.3 is 0 Å². The molecule has 1 saturated carbocycles. The van der Waals surface area contributed by atoms with E-state index in [4.69, 9.17) is 5.73 Å². The molecule has 0 aromatic heterocycles. The monoisotopic (exact) mass is 232 g/mol. The zero-order valence-electron chi connectivity index (χ0n) is 11.2. The second-order valence-corrected chi connectivity index (χ2v) is 5.43.